The Morgan fingerprint density at radius 3 is 0.483 bits per heavy atom. The predicted octanol–water partition coefficient (Wildman–Crippen LogP) is -1.34. The average molecular weight is 540 g/mol. The van der Waals surface area contributed by atoms with E-state index in [4.69, 9.17) is 0 Å². The van der Waals surface area contributed by atoms with Gasteiger partial charge in [0.25, 0.3) is 0 Å². The summed E-state index contributed by atoms with van der Waals surface area (Å²) in [6, 6.07) is 0. The Morgan fingerprint density at radius 1 is 0.379 bits per heavy atom. The number of halogens is 12. The molecule has 0 heterocycles. The molecule has 0 aromatic heterocycles. The molecule has 0 aliphatic rings. The SMILES string of the molecule is O=S(=O)(F)C(F)(F)C(F)(F)S(=O)(=O)F.O=S(=O)(F)C(F)(F)C(F)(F)S(=O)(=O)F.[H-].[Li+]. The van der Waals surface area contributed by atoms with E-state index >= 15 is 0 Å². The normalized spacial score (nSPS) is 15.0. The Labute approximate surface area is 166 Å². The Bertz CT molecular complexity index is 850. The van der Waals surface area contributed by atoms with Crippen LogP contribution in [0.4, 0.5) is 50.7 Å². The van der Waals surface area contributed by atoms with Crippen LogP contribution in [0.5, 0.6) is 0 Å². The monoisotopic (exact) mass is 540 g/mol. The van der Waals surface area contributed by atoms with Gasteiger partial charge in [-0.15, -0.1) is 0 Å². The molecule has 0 atom stereocenters. The molecule has 0 rings (SSSR count). The topological polar surface area (TPSA) is 137 Å². The Kier molecular flexibility index (Phi) is 9.84. The van der Waals surface area contributed by atoms with Gasteiger partial charge in [-0.05, 0) is 0 Å². The molecule has 0 spiro atoms. The Balaban J connectivity index is -0.000000211. The second-order valence-corrected chi connectivity index (χ2v) is 9.37. The van der Waals surface area contributed by atoms with Gasteiger partial charge in [0.05, 0.1) is 0 Å². The largest absolute Gasteiger partial charge is 1.00 e. The predicted molar refractivity (Wildman–Crippen MR) is 61.0 cm³/mol. The van der Waals surface area contributed by atoms with E-state index in [0.717, 1.165) is 0 Å². The van der Waals surface area contributed by atoms with Crippen LogP contribution in [-0.4, -0.2) is 54.7 Å². The van der Waals surface area contributed by atoms with Crippen LogP contribution in [-0.2, 0) is 40.9 Å². The molecule has 25 heteroatoms. The van der Waals surface area contributed by atoms with E-state index in [2.05, 4.69) is 0 Å². The van der Waals surface area contributed by atoms with Crippen molar-refractivity contribution in [3.63, 3.8) is 0 Å². The maximum atomic E-state index is 11.9. The van der Waals surface area contributed by atoms with Crippen LogP contribution < -0.4 is 18.9 Å². The van der Waals surface area contributed by atoms with Crippen molar-refractivity contribution in [2.45, 2.75) is 21.0 Å². The van der Waals surface area contributed by atoms with E-state index < -0.39 is 61.9 Å². The van der Waals surface area contributed by atoms with E-state index in [1.54, 1.807) is 0 Å². The van der Waals surface area contributed by atoms with Crippen molar-refractivity contribution < 1.29 is 105 Å². The Morgan fingerprint density at radius 2 is 0.448 bits per heavy atom. The molecule has 8 nitrogen and oxygen atoms in total. The van der Waals surface area contributed by atoms with E-state index in [1.165, 1.54) is 0 Å². The summed E-state index contributed by atoms with van der Waals surface area (Å²) in [5.74, 6) is 0. The van der Waals surface area contributed by atoms with E-state index in [-0.39, 0.29) is 20.3 Å². The van der Waals surface area contributed by atoms with Crippen molar-refractivity contribution in [1.29, 1.82) is 0 Å². The van der Waals surface area contributed by atoms with Gasteiger partial charge in [-0.2, -0.15) is 68.8 Å². The summed E-state index contributed by atoms with van der Waals surface area (Å²) in [6.45, 7) is 0. The second kappa shape index (κ2) is 8.59. The van der Waals surface area contributed by atoms with Gasteiger partial charge in [0, 0.05) is 0 Å². The molecular weight excluding hydrogens is 539 g/mol. The third kappa shape index (κ3) is 6.28. The molecule has 0 radical (unpaired) electrons. The molecule has 0 aliphatic heterocycles. The van der Waals surface area contributed by atoms with Gasteiger partial charge in [0.2, 0.25) is 0 Å². The van der Waals surface area contributed by atoms with E-state index in [1.807, 2.05) is 0 Å². The van der Waals surface area contributed by atoms with Crippen LogP contribution in [0.1, 0.15) is 1.43 Å². The molecule has 0 saturated carbocycles. The minimum Gasteiger partial charge on any atom is -1.00 e. The van der Waals surface area contributed by atoms with Gasteiger partial charge in [0.1, 0.15) is 0 Å². The fourth-order valence-electron chi connectivity index (χ4n) is 0.568. The van der Waals surface area contributed by atoms with Crippen LogP contribution in [0.3, 0.4) is 0 Å². The fourth-order valence-corrected chi connectivity index (χ4v) is 2.90. The van der Waals surface area contributed by atoms with Crippen molar-refractivity contribution in [2.75, 3.05) is 0 Å². The fraction of sp³-hybridized carbons (Fsp3) is 1.00. The molecule has 0 N–H and O–H groups in total. The van der Waals surface area contributed by atoms with Crippen molar-refractivity contribution in [2.24, 2.45) is 0 Å². The third-order valence-electron chi connectivity index (χ3n) is 1.90. The van der Waals surface area contributed by atoms with Crippen molar-refractivity contribution >= 4 is 40.9 Å². The average Bonchev–Trinajstić information content (AvgIpc) is 2.33. The van der Waals surface area contributed by atoms with E-state index in [9.17, 15) is 84.3 Å². The summed E-state index contributed by atoms with van der Waals surface area (Å²) in [5, 5.41) is -26.7. The standard InChI is InChI=1S/2C2F6O4S2.Li.H/c2*3-1(4,13(7,9)10)2(5,6)14(8,11)12;;/q;;+1;-1. The number of alkyl halides is 8. The second-order valence-electron chi connectivity index (χ2n) is 3.82. The molecular formula is C4HF12LiO8S4. The summed E-state index contributed by atoms with van der Waals surface area (Å²) >= 11 is 0. The van der Waals surface area contributed by atoms with Crippen LogP contribution in [0.15, 0.2) is 0 Å². The summed E-state index contributed by atoms with van der Waals surface area (Å²) in [7, 11) is -29.0. The molecule has 29 heavy (non-hydrogen) atoms. The summed E-state index contributed by atoms with van der Waals surface area (Å²) in [6.07, 6.45) is 0. The molecule has 0 saturated heterocycles. The zero-order valence-electron chi connectivity index (χ0n) is 13.4. The zero-order valence-corrected chi connectivity index (χ0v) is 15.7. The first-order valence-corrected chi connectivity index (χ1v) is 10.3. The molecule has 0 aromatic carbocycles. The Hall–Kier alpha value is -0.443. The van der Waals surface area contributed by atoms with Crippen LogP contribution >= 0.6 is 0 Å². The van der Waals surface area contributed by atoms with Gasteiger partial charge >= 0.3 is 80.8 Å². The number of hydrogen-bond acceptors (Lipinski definition) is 8. The zero-order chi connectivity index (χ0) is 24.0. The first kappa shape index (κ1) is 33.2. The summed E-state index contributed by atoms with van der Waals surface area (Å²) < 4.78 is 216. The molecule has 0 bridgehead atoms. The first-order chi connectivity index (χ1) is 11.5. The van der Waals surface area contributed by atoms with Crippen LogP contribution in [0, 0.1) is 0 Å². The third-order valence-corrected chi connectivity index (χ3v) is 5.64. The van der Waals surface area contributed by atoms with Gasteiger partial charge in [-0.1, -0.05) is 15.5 Å². The molecule has 0 unspecified atom stereocenters. The molecule has 174 valence electrons. The number of rotatable bonds is 6. The molecule has 0 aromatic rings. The van der Waals surface area contributed by atoms with Crippen molar-refractivity contribution in [3.05, 3.63) is 0 Å². The van der Waals surface area contributed by atoms with Gasteiger partial charge in [0.15, 0.2) is 0 Å². The minimum absolute atomic E-state index is 0. The smallest absolute Gasteiger partial charge is 1.00 e. The molecule has 0 aliphatic carbocycles. The summed E-state index contributed by atoms with van der Waals surface area (Å²) in [4.78, 5) is 0. The molecule has 0 amide bonds. The minimum atomic E-state index is -7.25. The maximum absolute atomic E-state index is 11.9. The van der Waals surface area contributed by atoms with Crippen LogP contribution in [0.2, 0.25) is 0 Å². The first-order valence-electron chi connectivity index (χ1n) is 4.78. The van der Waals surface area contributed by atoms with Crippen molar-refractivity contribution in [3.8, 4) is 0 Å². The maximum Gasteiger partial charge on any atom is 1.00 e. The van der Waals surface area contributed by atoms with Gasteiger partial charge in [-0.25, -0.2) is 0 Å². The number of hydrogen-bond donors (Lipinski definition) is 0. The van der Waals surface area contributed by atoms with Gasteiger partial charge in [-0.3, -0.25) is 0 Å². The van der Waals surface area contributed by atoms with E-state index in [0.29, 0.717) is 0 Å². The van der Waals surface area contributed by atoms with Gasteiger partial charge < -0.3 is 1.43 Å². The van der Waals surface area contributed by atoms with Crippen molar-refractivity contribution in [1.82, 2.24) is 0 Å². The summed E-state index contributed by atoms with van der Waals surface area (Å²) in [5.41, 5.74) is 0. The van der Waals surface area contributed by atoms with Crippen LogP contribution in [0.25, 0.3) is 0 Å². The quantitative estimate of drug-likeness (QED) is 0.230. The molecule has 0 fully saturated rings.